The zero-order chi connectivity index (χ0) is 16.6. The van der Waals surface area contributed by atoms with Gasteiger partial charge in [-0.1, -0.05) is 56.1 Å². The summed E-state index contributed by atoms with van der Waals surface area (Å²) in [6.07, 6.45) is 0. The molecule has 2 aromatic rings. The lowest BCUT2D eigenvalue weighted by atomic mass is 10.2. The molecule has 22 heavy (non-hydrogen) atoms. The minimum absolute atomic E-state index is 0.0624. The topological polar surface area (TPSA) is 29.5 Å². The zero-order valence-corrected chi connectivity index (χ0v) is 16.3. The van der Waals surface area contributed by atoms with Gasteiger partial charge in [0.15, 0.2) is 0 Å². The summed E-state index contributed by atoms with van der Waals surface area (Å²) in [5.41, 5.74) is 2.09. The van der Waals surface area contributed by atoms with Gasteiger partial charge in [-0.05, 0) is 56.2 Å². The van der Waals surface area contributed by atoms with Crippen molar-refractivity contribution in [2.45, 2.75) is 39.6 Å². The lowest BCUT2D eigenvalue weighted by Gasteiger charge is -2.19. The predicted octanol–water partition coefficient (Wildman–Crippen LogP) is 5.71. The number of aliphatic hydroxyl groups excluding tert-OH is 1. The van der Waals surface area contributed by atoms with Gasteiger partial charge in [0.2, 0.25) is 0 Å². The van der Waals surface area contributed by atoms with E-state index in [1.165, 1.54) is 5.56 Å². The van der Waals surface area contributed by atoms with Crippen molar-refractivity contribution in [1.29, 1.82) is 0 Å². The van der Waals surface area contributed by atoms with E-state index in [-0.39, 0.29) is 12.2 Å². The average Bonchev–Trinajstić information content (AvgIpc) is 2.47. The van der Waals surface area contributed by atoms with Gasteiger partial charge in [0.1, 0.15) is 0 Å². The van der Waals surface area contributed by atoms with Crippen LogP contribution in [0.2, 0.25) is 0 Å². The van der Waals surface area contributed by atoms with Crippen molar-refractivity contribution in [2.75, 3.05) is 0 Å². The maximum atomic E-state index is 8.61. The van der Waals surface area contributed by atoms with Crippen molar-refractivity contribution in [1.82, 2.24) is 0 Å². The molecule has 2 nitrogen and oxygen atoms in total. The van der Waals surface area contributed by atoms with Gasteiger partial charge in [0, 0.05) is 8.95 Å². The van der Waals surface area contributed by atoms with Crippen LogP contribution in [0.1, 0.15) is 31.9 Å². The van der Waals surface area contributed by atoms with E-state index in [9.17, 15) is 0 Å². The molecule has 0 fully saturated rings. The summed E-state index contributed by atoms with van der Waals surface area (Å²) in [7, 11) is 0. The molecule has 0 bridgehead atoms. The number of ether oxygens (including phenoxy) is 1. The highest BCUT2D eigenvalue weighted by Gasteiger charge is 2.09. The monoisotopic (exact) mass is 428 g/mol. The summed E-state index contributed by atoms with van der Waals surface area (Å²) in [5, 5.41) is 8.61. The van der Waals surface area contributed by atoms with Crippen LogP contribution in [0, 0.1) is 0 Å². The summed E-state index contributed by atoms with van der Waals surface area (Å²) in [6.45, 7) is 6.98. The smallest absolute Gasteiger partial charge is 0.0724 e. The average molecular weight is 430 g/mol. The van der Waals surface area contributed by atoms with Gasteiger partial charge in [-0.25, -0.2) is 0 Å². The zero-order valence-electron chi connectivity index (χ0n) is 13.1. The van der Waals surface area contributed by atoms with Crippen LogP contribution in [0.3, 0.4) is 0 Å². The second kappa shape index (κ2) is 9.46. The molecule has 0 aliphatic heterocycles. The molecular weight excluding hydrogens is 408 g/mol. The highest BCUT2D eigenvalue weighted by Crippen LogP contribution is 2.14. The maximum Gasteiger partial charge on any atom is 0.0724 e. The summed E-state index contributed by atoms with van der Waals surface area (Å²) in [5.74, 6) is 0. The van der Waals surface area contributed by atoms with Gasteiger partial charge in [-0.15, -0.1) is 0 Å². The Morgan fingerprint density at radius 3 is 1.59 bits per heavy atom. The molecule has 0 radical (unpaired) electrons. The molecule has 2 aromatic carbocycles. The molecule has 2 rings (SSSR count). The van der Waals surface area contributed by atoms with E-state index in [0.29, 0.717) is 6.61 Å². The van der Waals surface area contributed by atoms with Gasteiger partial charge in [-0.3, -0.25) is 0 Å². The minimum Gasteiger partial charge on any atom is -0.392 e. The number of aliphatic hydroxyl groups is 1. The van der Waals surface area contributed by atoms with Crippen LogP contribution >= 0.6 is 31.9 Å². The molecule has 120 valence electrons. The number of hydrogen-bond donors (Lipinski definition) is 1. The highest BCUT2D eigenvalue weighted by molar-refractivity contribution is 9.10. The van der Waals surface area contributed by atoms with E-state index in [1.807, 2.05) is 36.4 Å². The van der Waals surface area contributed by atoms with Crippen LogP contribution in [0.5, 0.6) is 0 Å². The molecule has 0 unspecified atom stereocenters. The molecule has 0 saturated carbocycles. The van der Waals surface area contributed by atoms with Gasteiger partial charge in [0.05, 0.1) is 18.8 Å². The van der Waals surface area contributed by atoms with E-state index >= 15 is 0 Å². The van der Waals surface area contributed by atoms with Crippen molar-refractivity contribution in [3.63, 3.8) is 0 Å². The number of benzene rings is 2. The first-order valence-electron chi connectivity index (χ1n) is 7.04. The Balaban J connectivity index is 0.000000235. The van der Waals surface area contributed by atoms with Gasteiger partial charge in [0.25, 0.3) is 0 Å². The van der Waals surface area contributed by atoms with Gasteiger partial charge >= 0.3 is 0 Å². The fraction of sp³-hybridized carbons (Fsp3) is 0.333. The van der Waals surface area contributed by atoms with E-state index in [2.05, 4.69) is 64.8 Å². The molecule has 0 atom stereocenters. The number of rotatable bonds is 3. The third-order valence-electron chi connectivity index (χ3n) is 2.68. The molecule has 0 saturated heterocycles. The molecule has 0 spiro atoms. The molecule has 1 N–H and O–H groups in total. The van der Waals surface area contributed by atoms with Crippen LogP contribution in [-0.4, -0.2) is 10.7 Å². The fourth-order valence-corrected chi connectivity index (χ4v) is 2.00. The second-order valence-corrected chi connectivity index (χ2v) is 7.64. The van der Waals surface area contributed by atoms with Crippen molar-refractivity contribution >= 4 is 31.9 Å². The molecule has 0 aliphatic rings. The number of hydrogen-bond acceptors (Lipinski definition) is 2. The Morgan fingerprint density at radius 2 is 1.23 bits per heavy atom. The molecule has 0 aliphatic carbocycles. The minimum atomic E-state index is -0.0624. The van der Waals surface area contributed by atoms with E-state index in [4.69, 9.17) is 9.84 Å². The molecule has 0 aromatic heterocycles. The van der Waals surface area contributed by atoms with E-state index in [0.717, 1.165) is 14.5 Å². The van der Waals surface area contributed by atoms with Gasteiger partial charge < -0.3 is 9.84 Å². The van der Waals surface area contributed by atoms with Crippen molar-refractivity contribution in [3.8, 4) is 0 Å². The molecular formula is C18H22Br2O2. The summed E-state index contributed by atoms with van der Waals surface area (Å²) >= 11 is 6.69. The summed E-state index contributed by atoms with van der Waals surface area (Å²) < 4.78 is 7.79. The first-order chi connectivity index (χ1) is 10.3. The van der Waals surface area contributed by atoms with Crippen molar-refractivity contribution < 1.29 is 9.84 Å². The van der Waals surface area contributed by atoms with Crippen molar-refractivity contribution in [2.24, 2.45) is 0 Å². The largest absolute Gasteiger partial charge is 0.392 e. The van der Waals surface area contributed by atoms with Crippen LogP contribution in [0.4, 0.5) is 0 Å². The number of halogens is 2. The second-order valence-electron chi connectivity index (χ2n) is 5.81. The van der Waals surface area contributed by atoms with E-state index < -0.39 is 0 Å². The quantitative estimate of drug-likeness (QED) is 0.677. The summed E-state index contributed by atoms with van der Waals surface area (Å²) in [4.78, 5) is 0. The molecule has 0 heterocycles. The Labute approximate surface area is 149 Å². The van der Waals surface area contributed by atoms with E-state index in [1.54, 1.807) is 0 Å². The fourth-order valence-electron chi connectivity index (χ4n) is 1.47. The Bertz CT molecular complexity index is 543. The normalized spacial score (nSPS) is 10.8. The standard InChI is InChI=1S/C11H15BrO.C7H7BrO/c1-11(2,3)13-8-9-4-6-10(12)7-5-9;8-7-3-1-6(5-9)2-4-7/h4-7H,8H2,1-3H3;1-4,9H,5H2. The summed E-state index contributed by atoms with van der Waals surface area (Å²) in [6, 6.07) is 15.8. The van der Waals surface area contributed by atoms with Crippen LogP contribution in [0.15, 0.2) is 57.5 Å². The lowest BCUT2D eigenvalue weighted by molar-refractivity contribution is -0.0149. The molecule has 0 amide bonds. The maximum absolute atomic E-state index is 8.61. The SMILES string of the molecule is CC(C)(C)OCc1ccc(Br)cc1.OCc1ccc(Br)cc1. The predicted molar refractivity (Wildman–Crippen MR) is 98.7 cm³/mol. The third-order valence-corrected chi connectivity index (χ3v) is 3.74. The Morgan fingerprint density at radius 1 is 0.818 bits per heavy atom. The van der Waals surface area contributed by atoms with Crippen LogP contribution < -0.4 is 0 Å². The highest BCUT2D eigenvalue weighted by atomic mass is 79.9. The lowest BCUT2D eigenvalue weighted by Crippen LogP contribution is -2.18. The van der Waals surface area contributed by atoms with Crippen LogP contribution in [-0.2, 0) is 18.0 Å². The first-order valence-corrected chi connectivity index (χ1v) is 8.62. The van der Waals surface area contributed by atoms with Gasteiger partial charge in [-0.2, -0.15) is 0 Å². The van der Waals surface area contributed by atoms with Crippen molar-refractivity contribution in [3.05, 3.63) is 68.6 Å². The van der Waals surface area contributed by atoms with Crippen LogP contribution in [0.25, 0.3) is 0 Å². The molecule has 4 heteroatoms. The third kappa shape index (κ3) is 8.69. The Kier molecular flexibility index (Phi) is 8.33. The Hall–Kier alpha value is -0.680. The first kappa shape index (κ1) is 19.4.